The molecule has 1 aliphatic heterocycles. The molecular weight excluding hydrogens is 226 g/mol. The minimum atomic E-state index is 0.0568. The van der Waals surface area contributed by atoms with E-state index in [1.165, 1.54) is 0 Å². The number of piperidine rings is 1. The van der Waals surface area contributed by atoms with E-state index in [0.29, 0.717) is 12.2 Å². The topological polar surface area (TPSA) is 62.1 Å². The highest BCUT2D eigenvalue weighted by Crippen LogP contribution is 2.17. The molecule has 1 aliphatic rings. The van der Waals surface area contributed by atoms with E-state index < -0.39 is 0 Å². The molecule has 4 nitrogen and oxygen atoms in total. The Balaban J connectivity index is 1.87. The van der Waals surface area contributed by atoms with Crippen molar-refractivity contribution in [2.75, 3.05) is 13.1 Å². The van der Waals surface area contributed by atoms with E-state index in [0.717, 1.165) is 30.3 Å². The van der Waals surface area contributed by atoms with Crippen molar-refractivity contribution < 1.29 is 4.79 Å². The van der Waals surface area contributed by atoms with Crippen LogP contribution in [0.1, 0.15) is 23.3 Å². The van der Waals surface area contributed by atoms with Gasteiger partial charge in [-0.3, -0.25) is 4.79 Å². The Morgan fingerprint density at radius 1 is 1.39 bits per heavy atom. The maximum Gasteiger partial charge on any atom is 0.270 e. The zero-order valence-corrected chi connectivity index (χ0v) is 10.2. The quantitative estimate of drug-likeness (QED) is 0.801. The van der Waals surface area contributed by atoms with Crippen molar-refractivity contribution in [2.24, 2.45) is 5.73 Å². The molecule has 3 rings (SSSR count). The molecule has 94 valence electrons. The molecule has 1 atom stereocenters. The fourth-order valence-corrected chi connectivity index (χ4v) is 2.55. The van der Waals surface area contributed by atoms with Gasteiger partial charge in [0.1, 0.15) is 5.69 Å². The van der Waals surface area contributed by atoms with Crippen LogP contribution in [0.15, 0.2) is 30.3 Å². The van der Waals surface area contributed by atoms with Crippen LogP contribution < -0.4 is 5.73 Å². The summed E-state index contributed by atoms with van der Waals surface area (Å²) >= 11 is 0. The Kier molecular flexibility index (Phi) is 2.80. The molecule has 1 amide bonds. The summed E-state index contributed by atoms with van der Waals surface area (Å²) in [5.74, 6) is 0.0568. The first kappa shape index (κ1) is 11.3. The van der Waals surface area contributed by atoms with Crippen LogP contribution in [0.2, 0.25) is 0 Å². The number of aromatic nitrogens is 1. The number of rotatable bonds is 1. The van der Waals surface area contributed by atoms with Gasteiger partial charge in [-0.15, -0.1) is 0 Å². The Bertz CT molecular complexity index is 542. The van der Waals surface area contributed by atoms with Gasteiger partial charge in [0, 0.05) is 30.0 Å². The van der Waals surface area contributed by atoms with Crippen LogP contribution in [0.5, 0.6) is 0 Å². The number of carbonyl (C=O) groups excluding carboxylic acids is 1. The average molecular weight is 243 g/mol. The Labute approximate surface area is 106 Å². The molecular formula is C14H17N3O. The van der Waals surface area contributed by atoms with Crippen molar-refractivity contribution in [3.05, 3.63) is 36.0 Å². The van der Waals surface area contributed by atoms with Gasteiger partial charge in [-0.25, -0.2) is 0 Å². The molecule has 0 bridgehead atoms. The summed E-state index contributed by atoms with van der Waals surface area (Å²) in [5, 5.41) is 1.07. The second kappa shape index (κ2) is 4.46. The summed E-state index contributed by atoms with van der Waals surface area (Å²) in [6.45, 7) is 1.47. The number of H-pyrrole nitrogens is 1. The van der Waals surface area contributed by atoms with Gasteiger partial charge in [-0.05, 0) is 25.0 Å². The minimum Gasteiger partial charge on any atom is -0.351 e. The lowest BCUT2D eigenvalue weighted by atomic mass is 10.1. The van der Waals surface area contributed by atoms with Crippen molar-refractivity contribution in [3.63, 3.8) is 0 Å². The van der Waals surface area contributed by atoms with Gasteiger partial charge in [-0.1, -0.05) is 18.2 Å². The van der Waals surface area contributed by atoms with Gasteiger partial charge >= 0.3 is 0 Å². The Morgan fingerprint density at radius 3 is 3.00 bits per heavy atom. The fraction of sp³-hybridized carbons (Fsp3) is 0.357. The van der Waals surface area contributed by atoms with Gasteiger partial charge in [0.25, 0.3) is 5.91 Å². The normalized spacial score (nSPS) is 20.3. The average Bonchev–Trinajstić information content (AvgIpc) is 2.81. The van der Waals surface area contributed by atoms with E-state index in [-0.39, 0.29) is 11.9 Å². The van der Waals surface area contributed by atoms with Crippen molar-refractivity contribution in [1.82, 2.24) is 9.88 Å². The number of hydrogen-bond acceptors (Lipinski definition) is 2. The molecule has 4 heteroatoms. The number of nitrogens with one attached hydrogen (secondary N) is 1. The predicted molar refractivity (Wildman–Crippen MR) is 71.4 cm³/mol. The van der Waals surface area contributed by atoms with Crippen LogP contribution in [0.3, 0.4) is 0 Å². The third-order valence-corrected chi connectivity index (χ3v) is 3.51. The highest BCUT2D eigenvalue weighted by Gasteiger charge is 2.23. The Morgan fingerprint density at radius 2 is 2.22 bits per heavy atom. The first-order valence-corrected chi connectivity index (χ1v) is 6.36. The third-order valence-electron chi connectivity index (χ3n) is 3.51. The molecule has 3 N–H and O–H groups in total. The minimum absolute atomic E-state index is 0.0568. The highest BCUT2D eigenvalue weighted by molar-refractivity contribution is 5.98. The van der Waals surface area contributed by atoms with E-state index >= 15 is 0 Å². The molecule has 1 fully saturated rings. The SMILES string of the molecule is NC1CCCN(C(=O)c2cc3ccccc3[nH]2)C1. The van der Waals surface area contributed by atoms with Gasteiger partial charge in [0.15, 0.2) is 0 Å². The van der Waals surface area contributed by atoms with E-state index in [9.17, 15) is 4.79 Å². The smallest absolute Gasteiger partial charge is 0.270 e. The molecule has 1 aromatic heterocycles. The van der Waals surface area contributed by atoms with Crippen LogP contribution in [0.4, 0.5) is 0 Å². The second-order valence-corrected chi connectivity index (χ2v) is 4.92. The van der Waals surface area contributed by atoms with E-state index in [1.807, 2.05) is 35.2 Å². The van der Waals surface area contributed by atoms with E-state index in [2.05, 4.69) is 4.98 Å². The summed E-state index contributed by atoms with van der Waals surface area (Å²) in [6.07, 6.45) is 2.00. The largest absolute Gasteiger partial charge is 0.351 e. The van der Waals surface area contributed by atoms with Crippen LogP contribution in [-0.2, 0) is 0 Å². The number of amides is 1. The third kappa shape index (κ3) is 1.99. The first-order valence-electron chi connectivity index (χ1n) is 6.36. The lowest BCUT2D eigenvalue weighted by Gasteiger charge is -2.30. The summed E-state index contributed by atoms with van der Waals surface area (Å²) in [7, 11) is 0. The van der Waals surface area contributed by atoms with Crippen LogP contribution in [-0.4, -0.2) is 34.9 Å². The first-order chi connectivity index (χ1) is 8.74. The number of nitrogens with zero attached hydrogens (tertiary/aromatic N) is 1. The zero-order valence-electron chi connectivity index (χ0n) is 10.2. The molecule has 0 radical (unpaired) electrons. The summed E-state index contributed by atoms with van der Waals surface area (Å²) in [5.41, 5.74) is 7.57. The second-order valence-electron chi connectivity index (χ2n) is 4.92. The van der Waals surface area contributed by atoms with Gasteiger partial charge in [0.2, 0.25) is 0 Å². The van der Waals surface area contributed by atoms with Crippen LogP contribution in [0, 0.1) is 0 Å². The number of para-hydroxylation sites is 1. The number of nitrogens with two attached hydrogens (primary N) is 1. The molecule has 1 saturated heterocycles. The lowest BCUT2D eigenvalue weighted by Crippen LogP contribution is -2.45. The number of fused-ring (bicyclic) bond motifs is 1. The molecule has 1 aromatic carbocycles. The van der Waals surface area contributed by atoms with Crippen LogP contribution in [0.25, 0.3) is 10.9 Å². The maximum absolute atomic E-state index is 12.4. The zero-order chi connectivity index (χ0) is 12.5. The molecule has 0 aliphatic carbocycles. The standard InChI is InChI=1S/C14H17N3O/c15-11-5-3-7-17(9-11)14(18)13-8-10-4-1-2-6-12(10)16-13/h1-2,4,6,8,11,16H,3,5,7,9,15H2. The molecule has 0 saturated carbocycles. The van der Waals surface area contributed by atoms with E-state index in [1.54, 1.807) is 0 Å². The molecule has 0 spiro atoms. The summed E-state index contributed by atoms with van der Waals surface area (Å²) in [6, 6.07) is 9.95. The lowest BCUT2D eigenvalue weighted by molar-refractivity contribution is 0.0704. The van der Waals surface area contributed by atoms with Crippen LogP contribution >= 0.6 is 0 Å². The molecule has 1 unspecified atom stereocenters. The van der Waals surface area contributed by atoms with E-state index in [4.69, 9.17) is 5.73 Å². The molecule has 2 aromatic rings. The number of likely N-dealkylation sites (tertiary alicyclic amines) is 1. The van der Waals surface area contributed by atoms with Crippen molar-refractivity contribution in [2.45, 2.75) is 18.9 Å². The predicted octanol–water partition coefficient (Wildman–Crippen LogP) is 1.73. The van der Waals surface area contributed by atoms with Crippen molar-refractivity contribution in [1.29, 1.82) is 0 Å². The molecule has 18 heavy (non-hydrogen) atoms. The van der Waals surface area contributed by atoms with Crippen molar-refractivity contribution >= 4 is 16.8 Å². The van der Waals surface area contributed by atoms with Crippen molar-refractivity contribution in [3.8, 4) is 0 Å². The maximum atomic E-state index is 12.4. The Hall–Kier alpha value is -1.81. The number of aromatic amines is 1. The summed E-state index contributed by atoms with van der Waals surface area (Å²) < 4.78 is 0. The fourth-order valence-electron chi connectivity index (χ4n) is 2.55. The van der Waals surface area contributed by atoms with Gasteiger partial charge < -0.3 is 15.6 Å². The van der Waals surface area contributed by atoms with Gasteiger partial charge in [-0.2, -0.15) is 0 Å². The summed E-state index contributed by atoms with van der Waals surface area (Å²) in [4.78, 5) is 17.4. The number of carbonyl (C=O) groups is 1. The number of hydrogen-bond donors (Lipinski definition) is 2. The highest BCUT2D eigenvalue weighted by atomic mass is 16.2. The molecule has 2 heterocycles. The van der Waals surface area contributed by atoms with Gasteiger partial charge in [0.05, 0.1) is 0 Å². The monoisotopic (exact) mass is 243 g/mol. The number of benzene rings is 1.